The Labute approximate surface area is 198 Å². The Bertz CT molecular complexity index is 1030. The van der Waals surface area contributed by atoms with Gasteiger partial charge in [0.25, 0.3) is 0 Å². The highest BCUT2D eigenvalue weighted by Crippen LogP contribution is 2.28. The molecule has 10 nitrogen and oxygen atoms in total. The average Bonchev–Trinajstić information content (AvgIpc) is 2.85. The molecular formula is C23H30FN7O3. The summed E-state index contributed by atoms with van der Waals surface area (Å²) in [5.74, 6) is -0.156. The number of piperazine rings is 1. The van der Waals surface area contributed by atoms with Gasteiger partial charge in [-0.15, -0.1) is 0 Å². The molecule has 1 aromatic carbocycles. The fraction of sp³-hybridized carbons (Fsp3) is 0.478. The lowest BCUT2D eigenvalue weighted by atomic mass is 10.1. The summed E-state index contributed by atoms with van der Waals surface area (Å²) in [4.78, 5) is 38.4. The van der Waals surface area contributed by atoms with Crippen LogP contribution < -0.4 is 15.1 Å². The minimum Gasteiger partial charge on any atom is -0.465 e. The summed E-state index contributed by atoms with van der Waals surface area (Å²) in [6, 6.07) is 7.78. The van der Waals surface area contributed by atoms with Gasteiger partial charge < -0.3 is 25.1 Å². The van der Waals surface area contributed by atoms with Crippen LogP contribution in [-0.4, -0.2) is 82.8 Å². The summed E-state index contributed by atoms with van der Waals surface area (Å²) in [6.07, 6.45) is 1.88. The number of carbonyl (C=O) groups is 2. The molecule has 2 fully saturated rings. The lowest BCUT2D eigenvalue weighted by molar-refractivity contribution is -0.129. The molecule has 2 N–H and O–H groups in total. The van der Waals surface area contributed by atoms with E-state index in [2.05, 4.69) is 20.2 Å². The fourth-order valence-electron chi connectivity index (χ4n) is 4.48. The average molecular weight is 472 g/mol. The highest BCUT2D eigenvalue weighted by atomic mass is 19.1. The molecule has 1 unspecified atom stereocenters. The maximum atomic E-state index is 14.7. The number of nitrogens with one attached hydrogen (secondary N) is 1. The standard InChI is InChI=1S/C23H30FN7O3/c1-16(32)29-11-13-30(14-12-29)18-8-6-17(7-9-18)26-22-25-15-19(24)21(27-22)31-10-4-3-5-20(31)28(2)23(33)34/h6-9,15,20H,3-5,10-14H2,1-2H3,(H,33,34)(H,25,26,27). The van der Waals surface area contributed by atoms with Crippen LogP contribution in [0.2, 0.25) is 0 Å². The minimum absolute atomic E-state index is 0.0928. The molecule has 1 aromatic heterocycles. The summed E-state index contributed by atoms with van der Waals surface area (Å²) < 4.78 is 14.7. The summed E-state index contributed by atoms with van der Waals surface area (Å²) in [5, 5.41) is 12.5. The van der Waals surface area contributed by atoms with Crippen molar-refractivity contribution in [3.05, 3.63) is 36.3 Å². The van der Waals surface area contributed by atoms with Gasteiger partial charge in [-0.3, -0.25) is 9.69 Å². The Balaban J connectivity index is 1.46. The molecule has 0 aliphatic carbocycles. The number of carbonyl (C=O) groups excluding carboxylic acids is 1. The molecular weight excluding hydrogens is 441 g/mol. The van der Waals surface area contributed by atoms with Crippen molar-refractivity contribution < 1.29 is 19.1 Å². The highest BCUT2D eigenvalue weighted by molar-refractivity contribution is 5.73. The maximum Gasteiger partial charge on any atom is 0.408 e. The Morgan fingerprint density at radius 3 is 2.47 bits per heavy atom. The van der Waals surface area contributed by atoms with Gasteiger partial charge in [0.15, 0.2) is 11.6 Å². The summed E-state index contributed by atoms with van der Waals surface area (Å²) >= 11 is 0. The number of halogens is 1. The molecule has 182 valence electrons. The van der Waals surface area contributed by atoms with Crippen molar-refractivity contribution in [3.8, 4) is 0 Å². The lowest BCUT2D eigenvalue weighted by Crippen LogP contribution is -2.52. The molecule has 0 radical (unpaired) electrons. The molecule has 2 aromatic rings. The van der Waals surface area contributed by atoms with Gasteiger partial charge in [-0.1, -0.05) is 0 Å². The van der Waals surface area contributed by atoms with Crippen molar-refractivity contribution in [1.82, 2.24) is 19.8 Å². The normalized spacial score (nSPS) is 18.6. The fourth-order valence-corrected chi connectivity index (χ4v) is 4.48. The first-order valence-electron chi connectivity index (χ1n) is 11.5. The number of nitrogens with zero attached hydrogens (tertiary/aromatic N) is 6. The number of hydrogen-bond donors (Lipinski definition) is 2. The largest absolute Gasteiger partial charge is 0.465 e. The quantitative estimate of drug-likeness (QED) is 0.686. The monoisotopic (exact) mass is 471 g/mol. The van der Waals surface area contributed by atoms with Gasteiger partial charge in [-0.05, 0) is 43.5 Å². The Kier molecular flexibility index (Phi) is 6.99. The number of rotatable bonds is 5. The third-order valence-electron chi connectivity index (χ3n) is 6.43. The third kappa shape index (κ3) is 5.13. The SMILES string of the molecule is CC(=O)N1CCN(c2ccc(Nc3ncc(F)c(N4CCCCC4N(C)C(=O)O)n3)cc2)CC1. The molecule has 34 heavy (non-hydrogen) atoms. The molecule has 1 atom stereocenters. The highest BCUT2D eigenvalue weighted by Gasteiger charge is 2.31. The van der Waals surface area contributed by atoms with E-state index in [1.54, 1.807) is 11.8 Å². The first kappa shape index (κ1) is 23.5. The van der Waals surface area contributed by atoms with Crippen molar-refractivity contribution in [3.63, 3.8) is 0 Å². The van der Waals surface area contributed by atoms with E-state index in [0.717, 1.165) is 43.5 Å². The molecule has 2 amide bonds. The van der Waals surface area contributed by atoms with Gasteiger partial charge in [-0.2, -0.15) is 4.98 Å². The van der Waals surface area contributed by atoms with Crippen LogP contribution in [0.3, 0.4) is 0 Å². The number of hydrogen-bond acceptors (Lipinski definition) is 7. The van der Waals surface area contributed by atoms with E-state index in [1.807, 2.05) is 29.2 Å². The summed E-state index contributed by atoms with van der Waals surface area (Å²) in [6.45, 7) is 5.07. The predicted octanol–water partition coefficient (Wildman–Crippen LogP) is 2.95. The van der Waals surface area contributed by atoms with E-state index in [9.17, 15) is 19.1 Å². The van der Waals surface area contributed by atoms with E-state index in [4.69, 9.17) is 0 Å². The van der Waals surface area contributed by atoms with Crippen molar-refractivity contribution in [2.45, 2.75) is 32.4 Å². The predicted molar refractivity (Wildman–Crippen MR) is 127 cm³/mol. The molecule has 2 aliphatic rings. The Morgan fingerprint density at radius 2 is 1.82 bits per heavy atom. The van der Waals surface area contributed by atoms with Crippen LogP contribution in [0.25, 0.3) is 0 Å². The van der Waals surface area contributed by atoms with Gasteiger partial charge in [-0.25, -0.2) is 14.2 Å². The topological polar surface area (TPSA) is 105 Å². The van der Waals surface area contributed by atoms with E-state index in [1.165, 1.54) is 11.9 Å². The van der Waals surface area contributed by atoms with Crippen LogP contribution in [0.5, 0.6) is 0 Å². The third-order valence-corrected chi connectivity index (χ3v) is 6.43. The molecule has 0 saturated carbocycles. The van der Waals surface area contributed by atoms with Gasteiger partial charge in [0.2, 0.25) is 11.9 Å². The second-order valence-electron chi connectivity index (χ2n) is 8.59. The number of anilines is 4. The van der Waals surface area contributed by atoms with Crippen LogP contribution in [0.15, 0.2) is 30.5 Å². The Morgan fingerprint density at radius 1 is 1.12 bits per heavy atom. The van der Waals surface area contributed by atoms with Gasteiger partial charge in [0.05, 0.1) is 6.20 Å². The first-order chi connectivity index (χ1) is 16.3. The van der Waals surface area contributed by atoms with Gasteiger partial charge >= 0.3 is 6.09 Å². The summed E-state index contributed by atoms with van der Waals surface area (Å²) in [5.41, 5.74) is 1.81. The second kappa shape index (κ2) is 10.1. The number of carboxylic acid groups (broad SMARTS) is 1. The number of piperidine rings is 1. The molecule has 0 bridgehead atoms. The number of benzene rings is 1. The minimum atomic E-state index is -1.06. The van der Waals surface area contributed by atoms with Crippen LogP contribution in [0.4, 0.5) is 32.3 Å². The summed E-state index contributed by atoms with van der Waals surface area (Å²) in [7, 11) is 1.49. The number of amides is 2. The van der Waals surface area contributed by atoms with Crippen molar-refractivity contribution in [1.29, 1.82) is 0 Å². The van der Waals surface area contributed by atoms with Crippen molar-refractivity contribution in [2.24, 2.45) is 0 Å². The van der Waals surface area contributed by atoms with Crippen LogP contribution in [0.1, 0.15) is 26.2 Å². The second-order valence-corrected chi connectivity index (χ2v) is 8.59. The lowest BCUT2D eigenvalue weighted by Gasteiger charge is -2.40. The van der Waals surface area contributed by atoms with Crippen LogP contribution >= 0.6 is 0 Å². The Hall–Kier alpha value is -3.63. The molecule has 2 aliphatic heterocycles. The van der Waals surface area contributed by atoms with Crippen molar-refractivity contribution in [2.75, 3.05) is 54.9 Å². The maximum absolute atomic E-state index is 14.7. The van der Waals surface area contributed by atoms with E-state index >= 15 is 0 Å². The molecule has 0 spiro atoms. The van der Waals surface area contributed by atoms with E-state index < -0.39 is 18.1 Å². The first-order valence-corrected chi connectivity index (χ1v) is 11.5. The zero-order valence-electron chi connectivity index (χ0n) is 19.4. The molecule has 11 heteroatoms. The number of aromatic nitrogens is 2. The molecule has 4 rings (SSSR count). The molecule has 2 saturated heterocycles. The van der Waals surface area contributed by atoms with Gasteiger partial charge in [0, 0.05) is 58.1 Å². The van der Waals surface area contributed by atoms with Gasteiger partial charge in [0.1, 0.15) is 6.17 Å². The van der Waals surface area contributed by atoms with Crippen LogP contribution in [-0.2, 0) is 4.79 Å². The van der Waals surface area contributed by atoms with E-state index in [0.29, 0.717) is 26.1 Å². The molecule has 3 heterocycles. The smallest absolute Gasteiger partial charge is 0.408 e. The van der Waals surface area contributed by atoms with Crippen molar-refractivity contribution >= 4 is 35.1 Å². The van der Waals surface area contributed by atoms with Crippen LogP contribution in [0, 0.1) is 5.82 Å². The zero-order valence-corrected chi connectivity index (χ0v) is 19.4. The zero-order chi connectivity index (χ0) is 24.2. The van der Waals surface area contributed by atoms with E-state index in [-0.39, 0.29) is 17.7 Å².